The molecule has 4 bridgehead atoms. The van der Waals surface area contributed by atoms with Crippen LogP contribution in [0.1, 0.15) is 49.0 Å². The zero-order valence-electron chi connectivity index (χ0n) is 35.1. The molecule has 3 aromatic carbocycles. The van der Waals surface area contributed by atoms with Gasteiger partial charge < -0.3 is 24.3 Å². The molecular weight excluding hydrogens is 844 g/mol. The predicted molar refractivity (Wildman–Crippen MR) is 244 cm³/mol. The van der Waals surface area contributed by atoms with Crippen LogP contribution in [0.3, 0.4) is 0 Å². The van der Waals surface area contributed by atoms with E-state index in [1.54, 1.807) is 14.2 Å². The first-order chi connectivity index (χ1) is 30.4. The maximum Gasteiger partial charge on any atom is 0.325 e. The van der Waals surface area contributed by atoms with Crippen LogP contribution < -0.4 is 24.3 Å². The Morgan fingerprint density at radius 3 is 1.61 bits per heavy atom. The van der Waals surface area contributed by atoms with Crippen molar-refractivity contribution >= 4 is 49.4 Å². The van der Waals surface area contributed by atoms with Crippen molar-refractivity contribution in [2.75, 3.05) is 45.7 Å². The summed E-state index contributed by atoms with van der Waals surface area (Å²) in [6.45, 7) is 12.2. The molecule has 12 nitrogen and oxygen atoms in total. The van der Waals surface area contributed by atoms with E-state index in [0.717, 1.165) is 106 Å². The summed E-state index contributed by atoms with van der Waals surface area (Å²) in [5, 5.41) is 5.34. The summed E-state index contributed by atoms with van der Waals surface area (Å²) in [4.78, 5) is 29.6. The fourth-order valence-electron chi connectivity index (χ4n) is 10.5. The number of pyridine rings is 2. The van der Waals surface area contributed by atoms with Crippen molar-refractivity contribution in [3.05, 3.63) is 126 Å². The number of halogens is 1. The van der Waals surface area contributed by atoms with Crippen molar-refractivity contribution in [3.8, 4) is 23.5 Å². The van der Waals surface area contributed by atoms with Gasteiger partial charge in [-0.1, -0.05) is 28.1 Å². The Kier molecular flexibility index (Phi) is 11.3. The molecule has 6 aliphatic rings. The van der Waals surface area contributed by atoms with E-state index in [4.69, 9.17) is 43.9 Å². The van der Waals surface area contributed by atoms with Gasteiger partial charge in [0.2, 0.25) is 5.95 Å². The molecule has 62 heavy (non-hydrogen) atoms. The summed E-state index contributed by atoms with van der Waals surface area (Å²) < 4.78 is 26.8. The Hall–Kier alpha value is -5.63. The van der Waals surface area contributed by atoms with Crippen LogP contribution in [-0.2, 0) is 0 Å². The highest BCUT2D eigenvalue weighted by Crippen LogP contribution is 2.46. The van der Waals surface area contributed by atoms with Gasteiger partial charge in [-0.25, -0.2) is 0 Å². The molecule has 6 aromatic rings. The normalized spacial score (nSPS) is 26.1. The molecule has 0 spiro atoms. The number of ether oxygens (including phenoxy) is 4. The highest BCUT2D eigenvalue weighted by atomic mass is 79.9. The lowest BCUT2D eigenvalue weighted by Gasteiger charge is -2.51. The molecule has 9 heterocycles. The van der Waals surface area contributed by atoms with Crippen molar-refractivity contribution < 1.29 is 18.9 Å². The molecule has 13 heteroatoms. The maximum atomic E-state index is 7.22. The lowest BCUT2D eigenvalue weighted by Crippen LogP contribution is -2.55. The van der Waals surface area contributed by atoms with Crippen molar-refractivity contribution in [2.45, 2.75) is 50.0 Å². The molecule has 5 unspecified atom stereocenters. The van der Waals surface area contributed by atoms with Crippen LogP contribution in [0.15, 0.2) is 115 Å². The molecule has 6 fully saturated rings. The van der Waals surface area contributed by atoms with Crippen molar-refractivity contribution in [3.63, 3.8) is 0 Å². The SMILES string of the molecule is C=CC1CN2CCC1C[C@H]2[C@H](Oc1nc(Nc2ccc(Br)cc2)nc(O[C@H](c2ccnc3ccc(OC)cc23)[C@@H]2C[C@@H]3CCN2CC3C=C)n1)c1ccnc2ccc(OC)cc12. The van der Waals surface area contributed by atoms with Crippen LogP contribution in [0.25, 0.3) is 21.8 Å². The Bertz CT molecular complexity index is 2460. The standard InChI is InChI=1S/C49H51BrN8O4/c1-5-29-27-57-21-17-31(29)23-43(57)45(37-15-19-51-41-13-11-35(59-3)25-39(37)41)61-48-54-47(53-34-9-7-33(50)8-10-34)55-49(56-48)62-46(44-24-32-18-22-58(44)28-30(32)6-2)38-16-20-52-42-14-12-36(60-4)26-40(38)42/h5-16,19-20,25-26,29-32,43-46H,1-2,17-18,21-24,27-28H2,3-4H3,(H,53,54,55,56)/t29?,30?,31-,32?,43-,44-,45+,46+/m0/s1. The smallest absolute Gasteiger partial charge is 0.325 e. The summed E-state index contributed by atoms with van der Waals surface area (Å²) in [5.74, 6) is 3.67. The summed E-state index contributed by atoms with van der Waals surface area (Å²) in [6.07, 6.45) is 11.2. The van der Waals surface area contributed by atoms with E-state index in [9.17, 15) is 0 Å². The van der Waals surface area contributed by atoms with E-state index in [1.165, 1.54) is 0 Å². The number of nitrogens with zero attached hydrogens (tertiary/aromatic N) is 7. The maximum absolute atomic E-state index is 7.22. The number of fused-ring (bicyclic) bond motifs is 8. The molecule has 0 radical (unpaired) electrons. The van der Waals surface area contributed by atoms with E-state index in [2.05, 4.69) is 68.5 Å². The minimum Gasteiger partial charge on any atom is -0.497 e. The predicted octanol–water partition coefficient (Wildman–Crippen LogP) is 9.52. The Labute approximate surface area is 370 Å². The van der Waals surface area contributed by atoms with Gasteiger partial charge in [-0.05, 0) is 135 Å². The molecule has 6 saturated heterocycles. The minimum atomic E-state index is -0.458. The number of rotatable bonds is 14. The molecular formula is C49H51BrN8O4. The van der Waals surface area contributed by atoms with Crippen LogP contribution in [0.5, 0.6) is 23.5 Å². The number of hydrogen-bond acceptors (Lipinski definition) is 12. The van der Waals surface area contributed by atoms with Gasteiger partial charge in [-0.2, -0.15) is 9.97 Å². The third-order valence-electron chi connectivity index (χ3n) is 13.7. The lowest BCUT2D eigenvalue weighted by atomic mass is 9.73. The summed E-state index contributed by atoms with van der Waals surface area (Å²) in [6, 6.07) is 24.4. The number of aromatic nitrogens is 5. The summed E-state index contributed by atoms with van der Waals surface area (Å²) in [5.41, 5.74) is 4.50. The second-order valence-corrected chi connectivity index (χ2v) is 17.9. The van der Waals surface area contributed by atoms with Gasteiger partial charge >= 0.3 is 12.0 Å². The Morgan fingerprint density at radius 1 is 0.677 bits per heavy atom. The Balaban J connectivity index is 1.09. The van der Waals surface area contributed by atoms with Gasteiger partial charge in [0.25, 0.3) is 0 Å². The van der Waals surface area contributed by atoms with E-state index in [-0.39, 0.29) is 24.1 Å². The molecule has 0 amide bonds. The second kappa shape index (κ2) is 17.3. The quantitative estimate of drug-likeness (QED) is 0.105. The van der Waals surface area contributed by atoms with Gasteiger partial charge in [0, 0.05) is 57.5 Å². The van der Waals surface area contributed by atoms with Gasteiger partial charge in [-0.15, -0.1) is 18.1 Å². The van der Waals surface area contributed by atoms with E-state index in [1.807, 2.05) is 73.1 Å². The third kappa shape index (κ3) is 7.86. The number of anilines is 2. The molecule has 6 aliphatic heterocycles. The number of methoxy groups -OCH3 is 2. The molecule has 0 saturated carbocycles. The average Bonchev–Trinajstić information content (AvgIpc) is 3.32. The molecule has 318 valence electrons. The fraction of sp³-hybridized carbons (Fsp3) is 0.367. The first kappa shape index (κ1) is 40.4. The van der Waals surface area contributed by atoms with Gasteiger partial charge in [0.1, 0.15) is 23.7 Å². The average molecular weight is 896 g/mol. The number of hydrogen-bond donors (Lipinski definition) is 1. The summed E-state index contributed by atoms with van der Waals surface area (Å²) >= 11 is 3.57. The topological polar surface area (TPSA) is 120 Å². The zero-order chi connectivity index (χ0) is 42.3. The highest BCUT2D eigenvalue weighted by molar-refractivity contribution is 9.10. The van der Waals surface area contributed by atoms with Crippen LogP contribution >= 0.6 is 15.9 Å². The Morgan fingerprint density at radius 2 is 1.18 bits per heavy atom. The number of benzene rings is 3. The fourth-order valence-corrected chi connectivity index (χ4v) is 10.8. The largest absolute Gasteiger partial charge is 0.497 e. The van der Waals surface area contributed by atoms with Crippen LogP contribution in [-0.4, -0.2) is 87.2 Å². The van der Waals surface area contributed by atoms with Crippen LogP contribution in [0, 0.1) is 23.7 Å². The zero-order valence-corrected chi connectivity index (χ0v) is 36.7. The highest BCUT2D eigenvalue weighted by Gasteiger charge is 2.46. The van der Waals surface area contributed by atoms with Crippen LogP contribution in [0.4, 0.5) is 11.6 Å². The van der Waals surface area contributed by atoms with Crippen molar-refractivity contribution in [2.24, 2.45) is 23.7 Å². The van der Waals surface area contributed by atoms with E-state index in [0.29, 0.717) is 29.6 Å². The lowest BCUT2D eigenvalue weighted by molar-refractivity contribution is -0.0418. The van der Waals surface area contributed by atoms with Crippen LogP contribution in [0.2, 0.25) is 0 Å². The number of nitrogens with one attached hydrogen (secondary N) is 1. The minimum absolute atomic E-state index is 0.0417. The monoisotopic (exact) mass is 894 g/mol. The van der Waals surface area contributed by atoms with Crippen molar-refractivity contribution in [1.29, 1.82) is 0 Å². The summed E-state index contributed by atoms with van der Waals surface area (Å²) in [7, 11) is 3.37. The molecule has 1 N–H and O–H groups in total. The second-order valence-electron chi connectivity index (χ2n) is 17.0. The molecule has 10 atom stereocenters. The molecule has 12 rings (SSSR count). The van der Waals surface area contributed by atoms with E-state index < -0.39 is 12.2 Å². The van der Waals surface area contributed by atoms with Crippen molar-refractivity contribution in [1.82, 2.24) is 34.7 Å². The first-order valence-electron chi connectivity index (χ1n) is 21.6. The van der Waals surface area contributed by atoms with Gasteiger partial charge in [0.15, 0.2) is 0 Å². The number of piperidine rings is 6. The first-order valence-corrected chi connectivity index (χ1v) is 22.4. The molecule has 3 aromatic heterocycles. The molecule has 0 aliphatic carbocycles. The van der Waals surface area contributed by atoms with Gasteiger partial charge in [0.05, 0.1) is 37.3 Å². The van der Waals surface area contributed by atoms with Gasteiger partial charge in [-0.3, -0.25) is 19.8 Å². The third-order valence-corrected chi connectivity index (χ3v) is 14.3. The van der Waals surface area contributed by atoms with E-state index >= 15 is 0 Å².